The second kappa shape index (κ2) is 5.82. The zero-order valence-electron chi connectivity index (χ0n) is 10.4. The highest BCUT2D eigenvalue weighted by atomic mass is 32.2. The molecule has 0 unspecified atom stereocenters. The summed E-state index contributed by atoms with van der Waals surface area (Å²) in [5, 5.41) is 3.30. The summed E-state index contributed by atoms with van der Waals surface area (Å²) in [6.45, 7) is 1.60. The van der Waals surface area contributed by atoms with Crippen LogP contribution in [0.15, 0.2) is 10.3 Å². The van der Waals surface area contributed by atoms with E-state index in [0.717, 1.165) is 34.6 Å². The summed E-state index contributed by atoms with van der Waals surface area (Å²) in [5.41, 5.74) is 0.871. The van der Waals surface area contributed by atoms with Crippen LogP contribution in [0.2, 0.25) is 0 Å². The number of alkyl halides is 2. The largest absolute Gasteiger partial charge is 0.309 e. The summed E-state index contributed by atoms with van der Waals surface area (Å²) in [6, 6.07) is 2.07. The number of hydrogen-bond acceptors (Lipinski definition) is 4. The Labute approximate surface area is 115 Å². The average Bonchev–Trinajstić information content (AvgIpc) is 3.08. The topological polar surface area (TPSA) is 58.2 Å². The van der Waals surface area contributed by atoms with Crippen molar-refractivity contribution in [2.45, 2.75) is 43.0 Å². The van der Waals surface area contributed by atoms with Crippen LogP contribution in [0, 0.1) is 6.92 Å². The fourth-order valence-corrected chi connectivity index (χ4v) is 4.16. The maximum Gasteiger partial charge on any atom is 0.251 e. The second-order valence-electron chi connectivity index (χ2n) is 4.57. The number of rotatable bonds is 7. The molecule has 0 aliphatic heterocycles. The molecular weight excluding hydrogens is 294 g/mol. The molecule has 0 radical (unpaired) electrons. The van der Waals surface area contributed by atoms with Gasteiger partial charge in [-0.15, -0.1) is 11.3 Å². The molecule has 2 N–H and O–H groups in total. The lowest BCUT2D eigenvalue weighted by molar-refractivity contribution is 0.153. The van der Waals surface area contributed by atoms with Gasteiger partial charge < -0.3 is 5.32 Å². The van der Waals surface area contributed by atoms with Gasteiger partial charge in [0.1, 0.15) is 4.21 Å². The van der Waals surface area contributed by atoms with Gasteiger partial charge in [-0.3, -0.25) is 0 Å². The highest BCUT2D eigenvalue weighted by Gasteiger charge is 2.23. The predicted molar refractivity (Wildman–Crippen MR) is 70.1 cm³/mol. The van der Waals surface area contributed by atoms with Gasteiger partial charge in [0, 0.05) is 17.5 Å². The van der Waals surface area contributed by atoms with Crippen molar-refractivity contribution in [1.29, 1.82) is 0 Å². The molecule has 0 bridgehead atoms. The van der Waals surface area contributed by atoms with Crippen LogP contribution in [0.4, 0.5) is 8.78 Å². The van der Waals surface area contributed by atoms with Gasteiger partial charge in [0.2, 0.25) is 10.0 Å². The molecule has 0 aromatic carbocycles. The predicted octanol–water partition coefficient (Wildman–Crippen LogP) is 1.85. The van der Waals surface area contributed by atoms with E-state index in [1.165, 1.54) is 6.07 Å². The quantitative estimate of drug-likeness (QED) is 0.808. The molecule has 1 saturated carbocycles. The van der Waals surface area contributed by atoms with Gasteiger partial charge in [-0.05, 0) is 31.4 Å². The molecule has 1 aromatic rings. The summed E-state index contributed by atoms with van der Waals surface area (Å²) >= 11 is 1.13. The standard InChI is InChI=1S/C11H16F2N2O2S2/c1-7-4-11(19(16,17)15-6-10(12)13)18-9(7)5-14-8-2-3-8/h4,8,10,14-15H,2-3,5-6H2,1H3. The maximum atomic E-state index is 12.0. The number of nitrogens with one attached hydrogen (secondary N) is 2. The summed E-state index contributed by atoms with van der Waals surface area (Å²) in [5.74, 6) is 0. The summed E-state index contributed by atoms with van der Waals surface area (Å²) in [7, 11) is -3.82. The molecule has 1 heterocycles. The minimum absolute atomic E-state index is 0.0956. The Morgan fingerprint density at radius 3 is 2.74 bits per heavy atom. The molecule has 1 aliphatic rings. The van der Waals surface area contributed by atoms with Crippen molar-refractivity contribution in [2.24, 2.45) is 0 Å². The van der Waals surface area contributed by atoms with Crippen LogP contribution in [0.5, 0.6) is 0 Å². The van der Waals surface area contributed by atoms with E-state index in [0.29, 0.717) is 12.6 Å². The maximum absolute atomic E-state index is 12.0. The van der Waals surface area contributed by atoms with Crippen molar-refractivity contribution >= 4 is 21.4 Å². The van der Waals surface area contributed by atoms with Gasteiger partial charge in [-0.1, -0.05) is 0 Å². The SMILES string of the molecule is Cc1cc(S(=O)(=O)NCC(F)F)sc1CNC1CC1. The molecule has 2 rings (SSSR count). The van der Waals surface area contributed by atoms with E-state index >= 15 is 0 Å². The van der Waals surface area contributed by atoms with E-state index in [9.17, 15) is 17.2 Å². The van der Waals surface area contributed by atoms with Gasteiger partial charge >= 0.3 is 0 Å². The second-order valence-corrected chi connectivity index (χ2v) is 7.70. The van der Waals surface area contributed by atoms with Crippen LogP contribution in [-0.4, -0.2) is 27.4 Å². The fourth-order valence-electron chi connectivity index (χ4n) is 1.56. The normalized spacial score (nSPS) is 16.2. The van der Waals surface area contributed by atoms with Crippen LogP contribution in [-0.2, 0) is 16.6 Å². The Morgan fingerprint density at radius 2 is 2.16 bits per heavy atom. The Balaban J connectivity index is 2.04. The third-order valence-electron chi connectivity index (χ3n) is 2.82. The van der Waals surface area contributed by atoms with E-state index in [2.05, 4.69) is 5.32 Å². The van der Waals surface area contributed by atoms with Gasteiger partial charge in [-0.2, -0.15) is 0 Å². The van der Waals surface area contributed by atoms with Crippen molar-refractivity contribution in [3.8, 4) is 0 Å². The van der Waals surface area contributed by atoms with Crippen LogP contribution in [0.1, 0.15) is 23.3 Å². The first kappa shape index (κ1) is 14.8. The molecule has 8 heteroatoms. The van der Waals surface area contributed by atoms with Crippen molar-refractivity contribution in [1.82, 2.24) is 10.0 Å². The van der Waals surface area contributed by atoms with Crippen LogP contribution < -0.4 is 10.0 Å². The third-order valence-corrected chi connectivity index (χ3v) is 5.95. The van der Waals surface area contributed by atoms with E-state index in [1.54, 1.807) is 0 Å². The average molecular weight is 310 g/mol. The van der Waals surface area contributed by atoms with Crippen LogP contribution in [0.3, 0.4) is 0 Å². The monoisotopic (exact) mass is 310 g/mol. The zero-order valence-corrected chi connectivity index (χ0v) is 12.1. The minimum Gasteiger partial charge on any atom is -0.309 e. The Bertz CT molecular complexity index is 539. The molecule has 1 fully saturated rings. The lowest BCUT2D eigenvalue weighted by atomic mass is 10.3. The molecule has 108 valence electrons. The Kier molecular flexibility index (Phi) is 4.54. The summed E-state index contributed by atoms with van der Waals surface area (Å²) in [4.78, 5) is 0.935. The van der Waals surface area contributed by atoms with E-state index in [1.807, 2.05) is 11.6 Å². The first-order valence-corrected chi connectivity index (χ1v) is 8.29. The summed E-state index contributed by atoms with van der Waals surface area (Å²) < 4.78 is 49.7. The van der Waals surface area contributed by atoms with E-state index in [4.69, 9.17) is 0 Å². The van der Waals surface area contributed by atoms with E-state index < -0.39 is 23.0 Å². The molecule has 0 spiro atoms. The van der Waals surface area contributed by atoms with Gasteiger partial charge in [0.15, 0.2) is 0 Å². The van der Waals surface area contributed by atoms with Gasteiger partial charge in [-0.25, -0.2) is 21.9 Å². The van der Waals surface area contributed by atoms with E-state index in [-0.39, 0.29) is 4.21 Å². The summed E-state index contributed by atoms with van der Waals surface area (Å²) in [6.07, 6.45) is -0.372. The Hall–Kier alpha value is -0.570. The first-order chi connectivity index (χ1) is 8.88. The molecule has 1 aromatic heterocycles. The third kappa shape index (κ3) is 4.20. The number of thiophene rings is 1. The lowest BCUT2D eigenvalue weighted by Gasteiger charge is -2.03. The van der Waals surface area contributed by atoms with Crippen molar-refractivity contribution in [3.05, 3.63) is 16.5 Å². The molecule has 0 atom stereocenters. The fraction of sp³-hybridized carbons (Fsp3) is 0.636. The zero-order chi connectivity index (χ0) is 14.0. The number of sulfonamides is 1. The first-order valence-electron chi connectivity index (χ1n) is 5.99. The molecule has 0 saturated heterocycles. The number of halogens is 2. The lowest BCUT2D eigenvalue weighted by Crippen LogP contribution is -2.28. The Morgan fingerprint density at radius 1 is 1.47 bits per heavy atom. The highest BCUT2D eigenvalue weighted by molar-refractivity contribution is 7.91. The molecule has 4 nitrogen and oxygen atoms in total. The molecule has 19 heavy (non-hydrogen) atoms. The molecule has 1 aliphatic carbocycles. The number of hydrogen-bond donors (Lipinski definition) is 2. The highest BCUT2D eigenvalue weighted by Crippen LogP contribution is 2.27. The van der Waals surface area contributed by atoms with Crippen molar-refractivity contribution < 1.29 is 17.2 Å². The minimum atomic E-state index is -3.82. The van der Waals surface area contributed by atoms with Crippen molar-refractivity contribution in [2.75, 3.05) is 6.54 Å². The number of aryl methyl sites for hydroxylation is 1. The van der Waals surface area contributed by atoms with Gasteiger partial charge in [0.25, 0.3) is 6.43 Å². The molecular formula is C11H16F2N2O2S2. The van der Waals surface area contributed by atoms with Crippen LogP contribution >= 0.6 is 11.3 Å². The molecule has 0 amide bonds. The van der Waals surface area contributed by atoms with Crippen molar-refractivity contribution in [3.63, 3.8) is 0 Å². The van der Waals surface area contributed by atoms with Gasteiger partial charge in [0.05, 0.1) is 6.54 Å². The van der Waals surface area contributed by atoms with Crippen LogP contribution in [0.25, 0.3) is 0 Å². The smallest absolute Gasteiger partial charge is 0.251 e.